The minimum Gasteiger partial charge on any atom is -0.399 e. The second-order valence-corrected chi connectivity index (χ2v) is 6.61. The Morgan fingerprint density at radius 3 is 2.53 bits per heavy atom. The SMILES string of the molecule is Cc1cc(N)ccc1S(=O)(=O)NCCSC(F)(F)F. The second-order valence-electron chi connectivity index (χ2n) is 3.72. The van der Waals surface area contributed by atoms with Crippen molar-refractivity contribution in [2.45, 2.75) is 17.3 Å². The van der Waals surface area contributed by atoms with Crippen molar-refractivity contribution in [2.24, 2.45) is 0 Å². The van der Waals surface area contributed by atoms with E-state index in [0.29, 0.717) is 11.3 Å². The lowest BCUT2D eigenvalue weighted by Gasteiger charge is -2.10. The molecule has 1 aromatic rings. The van der Waals surface area contributed by atoms with Gasteiger partial charge in [-0.3, -0.25) is 0 Å². The zero-order valence-electron chi connectivity index (χ0n) is 9.99. The average Bonchev–Trinajstić information content (AvgIpc) is 2.22. The van der Waals surface area contributed by atoms with Gasteiger partial charge < -0.3 is 5.73 Å². The van der Waals surface area contributed by atoms with Gasteiger partial charge in [0.05, 0.1) is 4.90 Å². The van der Waals surface area contributed by atoms with E-state index in [-0.39, 0.29) is 29.0 Å². The van der Waals surface area contributed by atoms with Crippen LogP contribution in [0.4, 0.5) is 18.9 Å². The van der Waals surface area contributed by atoms with Gasteiger partial charge in [0.15, 0.2) is 0 Å². The van der Waals surface area contributed by atoms with Crippen LogP contribution in [0, 0.1) is 6.92 Å². The first-order valence-electron chi connectivity index (χ1n) is 5.18. The lowest BCUT2D eigenvalue weighted by Crippen LogP contribution is -2.27. The number of nitrogen functional groups attached to an aromatic ring is 1. The molecule has 1 aromatic carbocycles. The summed E-state index contributed by atoms with van der Waals surface area (Å²) in [5.74, 6) is -0.378. The summed E-state index contributed by atoms with van der Waals surface area (Å²) in [7, 11) is -3.81. The van der Waals surface area contributed by atoms with E-state index in [9.17, 15) is 21.6 Å². The number of sulfonamides is 1. The van der Waals surface area contributed by atoms with Gasteiger partial charge in [-0.15, -0.1) is 0 Å². The van der Waals surface area contributed by atoms with Crippen LogP contribution in [0.5, 0.6) is 0 Å². The Morgan fingerprint density at radius 1 is 1.37 bits per heavy atom. The highest BCUT2D eigenvalue weighted by atomic mass is 32.2. The molecule has 0 atom stereocenters. The Kier molecular flexibility index (Phi) is 5.11. The molecule has 1 rings (SSSR count). The Balaban J connectivity index is 2.66. The van der Waals surface area contributed by atoms with Gasteiger partial charge in [0.25, 0.3) is 0 Å². The molecule has 0 unspecified atom stereocenters. The molecule has 0 aliphatic heterocycles. The van der Waals surface area contributed by atoms with Crippen LogP contribution < -0.4 is 10.5 Å². The third kappa shape index (κ3) is 5.29. The molecule has 0 fully saturated rings. The van der Waals surface area contributed by atoms with Gasteiger partial charge >= 0.3 is 5.51 Å². The van der Waals surface area contributed by atoms with Crippen molar-refractivity contribution in [1.82, 2.24) is 4.72 Å². The number of aryl methyl sites for hydroxylation is 1. The van der Waals surface area contributed by atoms with Crippen molar-refractivity contribution >= 4 is 27.5 Å². The fourth-order valence-electron chi connectivity index (χ4n) is 1.39. The van der Waals surface area contributed by atoms with Gasteiger partial charge in [0.2, 0.25) is 10.0 Å². The number of alkyl halides is 3. The molecule has 0 spiro atoms. The fourth-order valence-corrected chi connectivity index (χ4v) is 3.22. The number of nitrogens with one attached hydrogen (secondary N) is 1. The molecular formula is C10H13F3N2O2S2. The van der Waals surface area contributed by atoms with E-state index in [4.69, 9.17) is 5.73 Å². The van der Waals surface area contributed by atoms with Gasteiger partial charge in [-0.05, 0) is 42.4 Å². The first kappa shape index (κ1) is 16.1. The second kappa shape index (κ2) is 6.02. The van der Waals surface area contributed by atoms with E-state index in [2.05, 4.69) is 4.72 Å². The number of benzene rings is 1. The Bertz CT molecular complexity index is 544. The van der Waals surface area contributed by atoms with E-state index in [1.165, 1.54) is 18.2 Å². The molecule has 9 heteroatoms. The lowest BCUT2D eigenvalue weighted by molar-refractivity contribution is -0.0327. The molecule has 0 heterocycles. The minimum absolute atomic E-state index is 0.0127. The molecule has 0 bridgehead atoms. The Morgan fingerprint density at radius 2 is 2.00 bits per heavy atom. The molecule has 3 N–H and O–H groups in total. The summed E-state index contributed by atoms with van der Waals surface area (Å²) in [6.07, 6.45) is 0. The summed E-state index contributed by atoms with van der Waals surface area (Å²) in [6.45, 7) is 1.27. The predicted molar refractivity (Wildman–Crippen MR) is 69.3 cm³/mol. The molecule has 108 valence electrons. The molecule has 0 saturated heterocycles. The first-order chi connectivity index (χ1) is 8.62. The van der Waals surface area contributed by atoms with E-state index in [1.807, 2.05) is 0 Å². The minimum atomic E-state index is -4.36. The van der Waals surface area contributed by atoms with Gasteiger partial charge in [-0.25, -0.2) is 13.1 Å². The van der Waals surface area contributed by atoms with Crippen LogP contribution in [-0.4, -0.2) is 26.2 Å². The summed E-state index contributed by atoms with van der Waals surface area (Å²) in [6, 6.07) is 4.23. The third-order valence-corrected chi connectivity index (χ3v) is 4.51. The van der Waals surface area contributed by atoms with Crippen LogP contribution in [0.15, 0.2) is 23.1 Å². The lowest BCUT2D eigenvalue weighted by atomic mass is 10.2. The van der Waals surface area contributed by atoms with Gasteiger partial charge in [0, 0.05) is 18.0 Å². The quantitative estimate of drug-likeness (QED) is 0.645. The summed E-state index contributed by atoms with van der Waals surface area (Å²) in [4.78, 5) is 0.0127. The standard InChI is InChI=1S/C10H13F3N2O2S2/c1-7-6-8(14)2-3-9(7)19(16,17)15-4-5-18-10(11,12)13/h2-3,6,15H,4-5,14H2,1H3. The molecule has 0 aliphatic rings. The highest BCUT2D eigenvalue weighted by Crippen LogP contribution is 2.29. The van der Waals surface area contributed by atoms with Crippen LogP contribution >= 0.6 is 11.8 Å². The zero-order valence-corrected chi connectivity index (χ0v) is 11.6. The highest BCUT2D eigenvalue weighted by molar-refractivity contribution is 8.00. The normalized spacial score (nSPS) is 12.6. The van der Waals surface area contributed by atoms with E-state index in [1.54, 1.807) is 6.92 Å². The molecule has 0 radical (unpaired) electrons. The van der Waals surface area contributed by atoms with Crippen LogP contribution in [-0.2, 0) is 10.0 Å². The first-order valence-corrected chi connectivity index (χ1v) is 7.65. The van der Waals surface area contributed by atoms with Crippen molar-refractivity contribution < 1.29 is 21.6 Å². The van der Waals surface area contributed by atoms with Crippen LogP contribution in [0.3, 0.4) is 0 Å². The molecular weight excluding hydrogens is 301 g/mol. The third-order valence-electron chi connectivity index (χ3n) is 2.15. The topological polar surface area (TPSA) is 72.2 Å². The zero-order chi connectivity index (χ0) is 14.7. The number of hydrogen-bond donors (Lipinski definition) is 2. The van der Waals surface area contributed by atoms with Crippen LogP contribution in [0.2, 0.25) is 0 Å². The Labute approximate surface area is 113 Å². The molecule has 19 heavy (non-hydrogen) atoms. The summed E-state index contributed by atoms with van der Waals surface area (Å²) >= 11 is -0.271. The molecule has 0 aromatic heterocycles. The average molecular weight is 314 g/mol. The molecule has 0 aliphatic carbocycles. The van der Waals surface area contributed by atoms with Crippen molar-refractivity contribution in [3.8, 4) is 0 Å². The van der Waals surface area contributed by atoms with Gasteiger partial charge in [0.1, 0.15) is 0 Å². The van der Waals surface area contributed by atoms with Crippen LogP contribution in [0.1, 0.15) is 5.56 Å². The maximum atomic E-state index is 11.9. The van der Waals surface area contributed by atoms with E-state index in [0.717, 1.165) is 0 Å². The Hall–Kier alpha value is -0.930. The van der Waals surface area contributed by atoms with E-state index < -0.39 is 15.5 Å². The maximum Gasteiger partial charge on any atom is 0.441 e. The van der Waals surface area contributed by atoms with Crippen molar-refractivity contribution in [3.05, 3.63) is 23.8 Å². The number of anilines is 1. The summed E-state index contributed by atoms with van der Waals surface area (Å²) in [5, 5.41) is 0. The molecule has 4 nitrogen and oxygen atoms in total. The van der Waals surface area contributed by atoms with Gasteiger partial charge in [-0.2, -0.15) is 13.2 Å². The highest BCUT2D eigenvalue weighted by Gasteiger charge is 2.27. The number of nitrogens with two attached hydrogens (primary N) is 1. The van der Waals surface area contributed by atoms with Crippen molar-refractivity contribution in [3.63, 3.8) is 0 Å². The number of rotatable bonds is 5. The largest absolute Gasteiger partial charge is 0.441 e. The predicted octanol–water partition coefficient (Wildman–Crippen LogP) is 2.11. The van der Waals surface area contributed by atoms with Crippen molar-refractivity contribution in [2.75, 3.05) is 18.0 Å². The number of hydrogen-bond acceptors (Lipinski definition) is 4. The smallest absolute Gasteiger partial charge is 0.399 e. The maximum absolute atomic E-state index is 11.9. The van der Waals surface area contributed by atoms with E-state index >= 15 is 0 Å². The molecule has 0 amide bonds. The molecule has 0 saturated carbocycles. The monoisotopic (exact) mass is 314 g/mol. The summed E-state index contributed by atoms with van der Waals surface area (Å²) in [5.41, 5.74) is 2.00. The van der Waals surface area contributed by atoms with Crippen LogP contribution in [0.25, 0.3) is 0 Å². The summed E-state index contributed by atoms with van der Waals surface area (Å²) < 4.78 is 61.4. The number of halogens is 3. The van der Waals surface area contributed by atoms with Crippen molar-refractivity contribution in [1.29, 1.82) is 0 Å². The van der Waals surface area contributed by atoms with Gasteiger partial charge in [-0.1, -0.05) is 0 Å². The number of thioether (sulfide) groups is 1. The fraction of sp³-hybridized carbons (Fsp3) is 0.400.